The van der Waals surface area contributed by atoms with Crippen LogP contribution in [0.2, 0.25) is 0 Å². The zero-order valence-corrected chi connectivity index (χ0v) is 15.3. The number of ether oxygens (including phenoxy) is 1. The van der Waals surface area contributed by atoms with Gasteiger partial charge in [0.1, 0.15) is 17.8 Å². The van der Waals surface area contributed by atoms with Gasteiger partial charge in [-0.3, -0.25) is 9.48 Å². The number of methoxy groups -OCH3 is 1. The molecule has 134 valence electrons. The van der Waals surface area contributed by atoms with Crippen molar-refractivity contribution < 1.29 is 9.53 Å². The predicted molar refractivity (Wildman–Crippen MR) is 104 cm³/mol. The summed E-state index contributed by atoms with van der Waals surface area (Å²) >= 11 is 0. The van der Waals surface area contributed by atoms with Gasteiger partial charge in [-0.1, -0.05) is 30.3 Å². The molecule has 4 aromatic rings. The van der Waals surface area contributed by atoms with E-state index in [1.54, 1.807) is 23.9 Å². The maximum atomic E-state index is 12.1. The van der Waals surface area contributed by atoms with Crippen LogP contribution < -0.4 is 4.74 Å². The first-order chi connectivity index (χ1) is 13.1. The molecule has 0 amide bonds. The third-order valence-electron chi connectivity index (χ3n) is 4.47. The van der Waals surface area contributed by atoms with Crippen LogP contribution in [0.25, 0.3) is 33.4 Å². The number of ketones is 1. The van der Waals surface area contributed by atoms with E-state index < -0.39 is 0 Å². The number of aryl methyl sites for hydroxylation is 1. The van der Waals surface area contributed by atoms with Crippen molar-refractivity contribution >= 4 is 16.7 Å². The topological polar surface area (TPSA) is 69.9 Å². The molecule has 27 heavy (non-hydrogen) atoms. The van der Waals surface area contributed by atoms with Gasteiger partial charge in [-0.05, 0) is 13.0 Å². The van der Waals surface area contributed by atoms with Crippen molar-refractivity contribution in [3.05, 3.63) is 60.6 Å². The third-order valence-corrected chi connectivity index (χ3v) is 4.47. The van der Waals surface area contributed by atoms with Gasteiger partial charge in [-0.25, -0.2) is 9.97 Å². The zero-order chi connectivity index (χ0) is 19.0. The third kappa shape index (κ3) is 2.95. The van der Waals surface area contributed by atoms with Gasteiger partial charge in [-0.15, -0.1) is 0 Å². The maximum Gasteiger partial charge on any atom is 0.163 e. The Balaban J connectivity index is 2.01. The molecular formula is C21H18N4O2. The molecule has 0 bridgehead atoms. The number of rotatable bonds is 4. The number of fused-ring (bicyclic) bond motifs is 1. The molecule has 6 nitrogen and oxygen atoms in total. The lowest BCUT2D eigenvalue weighted by Gasteiger charge is -2.10. The minimum atomic E-state index is -0.0713. The Labute approximate surface area is 156 Å². The molecule has 0 fully saturated rings. The van der Waals surface area contributed by atoms with Gasteiger partial charge in [0.25, 0.3) is 0 Å². The first kappa shape index (κ1) is 16.9. The first-order valence-electron chi connectivity index (χ1n) is 8.51. The molecule has 0 aliphatic heterocycles. The lowest BCUT2D eigenvalue weighted by atomic mass is 10.00. The van der Waals surface area contributed by atoms with Crippen molar-refractivity contribution in [3.63, 3.8) is 0 Å². The summed E-state index contributed by atoms with van der Waals surface area (Å²) in [5.74, 6) is 0.437. The van der Waals surface area contributed by atoms with Crippen molar-refractivity contribution in [1.29, 1.82) is 0 Å². The summed E-state index contributed by atoms with van der Waals surface area (Å²) in [5, 5.41) is 5.41. The van der Waals surface area contributed by atoms with Gasteiger partial charge >= 0.3 is 0 Å². The largest absolute Gasteiger partial charge is 0.496 e. The van der Waals surface area contributed by atoms with Crippen molar-refractivity contribution in [2.24, 2.45) is 7.05 Å². The fourth-order valence-corrected chi connectivity index (χ4v) is 3.21. The number of Topliss-reactive ketones (excluding diaryl/α,β-unsaturated/α-hetero) is 1. The number of nitrogens with zero attached hydrogens (tertiary/aromatic N) is 4. The van der Waals surface area contributed by atoms with E-state index in [9.17, 15) is 4.79 Å². The fraction of sp³-hybridized carbons (Fsp3) is 0.143. The molecule has 0 radical (unpaired) electrons. The lowest BCUT2D eigenvalue weighted by Crippen LogP contribution is -1.99. The van der Waals surface area contributed by atoms with Gasteiger partial charge in [-0.2, -0.15) is 5.10 Å². The van der Waals surface area contributed by atoms with Crippen LogP contribution in [-0.2, 0) is 7.05 Å². The van der Waals surface area contributed by atoms with Crippen molar-refractivity contribution in [2.45, 2.75) is 6.92 Å². The number of hydrogen-bond acceptors (Lipinski definition) is 5. The van der Waals surface area contributed by atoms with Crippen LogP contribution in [-0.4, -0.2) is 32.6 Å². The van der Waals surface area contributed by atoms with Gasteiger partial charge in [0, 0.05) is 35.8 Å². The number of carbonyl (C=O) groups excluding carboxylic acids is 1. The van der Waals surface area contributed by atoms with Crippen LogP contribution in [0.3, 0.4) is 0 Å². The molecule has 0 saturated heterocycles. The maximum absolute atomic E-state index is 12.1. The Bertz CT molecular complexity index is 1150. The minimum absolute atomic E-state index is 0.0713. The molecular weight excluding hydrogens is 340 g/mol. The average molecular weight is 358 g/mol. The molecule has 4 rings (SSSR count). The van der Waals surface area contributed by atoms with Gasteiger partial charge in [0.05, 0.1) is 23.9 Å². The van der Waals surface area contributed by atoms with Gasteiger partial charge in [0.2, 0.25) is 0 Å². The molecule has 0 saturated carbocycles. The highest BCUT2D eigenvalue weighted by atomic mass is 16.5. The highest BCUT2D eigenvalue weighted by Gasteiger charge is 2.18. The van der Waals surface area contributed by atoms with E-state index in [1.165, 1.54) is 13.3 Å². The van der Waals surface area contributed by atoms with Crippen LogP contribution in [0.15, 0.2) is 55.0 Å². The highest BCUT2D eigenvalue weighted by Crippen LogP contribution is 2.35. The van der Waals surface area contributed by atoms with E-state index in [0.29, 0.717) is 16.8 Å². The summed E-state index contributed by atoms with van der Waals surface area (Å²) in [4.78, 5) is 20.9. The molecule has 2 heterocycles. The molecule has 0 aliphatic carbocycles. The van der Waals surface area contributed by atoms with E-state index in [2.05, 4.69) is 15.1 Å². The van der Waals surface area contributed by atoms with E-state index >= 15 is 0 Å². The predicted octanol–water partition coefficient (Wildman–Crippen LogP) is 3.91. The summed E-state index contributed by atoms with van der Waals surface area (Å²) in [5.41, 5.74) is 4.67. The average Bonchev–Trinajstić information content (AvgIpc) is 3.08. The second-order valence-corrected chi connectivity index (χ2v) is 6.28. The number of carbonyl (C=O) groups is 1. The summed E-state index contributed by atoms with van der Waals surface area (Å²) in [6, 6.07) is 13.5. The Morgan fingerprint density at radius 3 is 2.56 bits per heavy atom. The Hall–Kier alpha value is -3.54. The molecule has 2 aromatic heterocycles. The van der Waals surface area contributed by atoms with Crippen LogP contribution >= 0.6 is 0 Å². The zero-order valence-electron chi connectivity index (χ0n) is 15.3. The SMILES string of the molecule is COc1cc2ncnc(-c3cn(C)nc3-c3ccccc3)c2cc1C(C)=O. The van der Waals surface area contributed by atoms with Crippen molar-refractivity contribution in [3.8, 4) is 28.3 Å². The normalized spacial score (nSPS) is 10.9. The van der Waals surface area contributed by atoms with E-state index in [1.807, 2.05) is 43.6 Å². The van der Waals surface area contributed by atoms with Crippen LogP contribution in [0.5, 0.6) is 5.75 Å². The summed E-state index contributed by atoms with van der Waals surface area (Å²) < 4.78 is 7.12. The molecule has 0 aliphatic rings. The first-order valence-corrected chi connectivity index (χ1v) is 8.51. The second kappa shape index (κ2) is 6.64. The second-order valence-electron chi connectivity index (χ2n) is 6.28. The molecule has 6 heteroatoms. The van der Waals surface area contributed by atoms with E-state index in [4.69, 9.17) is 4.74 Å². The number of hydrogen-bond donors (Lipinski definition) is 0. The molecule has 0 spiro atoms. The van der Waals surface area contributed by atoms with Crippen molar-refractivity contribution in [1.82, 2.24) is 19.7 Å². The van der Waals surface area contributed by atoms with Crippen LogP contribution in [0.1, 0.15) is 17.3 Å². The quantitative estimate of drug-likeness (QED) is 0.517. The molecule has 0 unspecified atom stereocenters. The molecule has 0 N–H and O–H groups in total. The standard InChI is InChI=1S/C21H18N4O2/c1-13(26)15-9-16-18(10-19(15)27-3)22-12-23-21(16)17-11-25(2)24-20(17)14-7-5-4-6-8-14/h4-12H,1-3H3. The highest BCUT2D eigenvalue weighted by molar-refractivity contribution is 6.04. The van der Waals surface area contributed by atoms with Gasteiger partial charge in [0.15, 0.2) is 5.78 Å². The smallest absolute Gasteiger partial charge is 0.163 e. The Morgan fingerprint density at radius 1 is 1.07 bits per heavy atom. The monoisotopic (exact) mass is 358 g/mol. The van der Waals surface area contributed by atoms with E-state index in [-0.39, 0.29) is 5.78 Å². The Kier molecular flexibility index (Phi) is 4.16. The molecule has 0 atom stereocenters. The summed E-state index contributed by atoms with van der Waals surface area (Å²) in [6.45, 7) is 1.52. The van der Waals surface area contributed by atoms with E-state index in [0.717, 1.165) is 27.9 Å². The van der Waals surface area contributed by atoms with Crippen molar-refractivity contribution in [2.75, 3.05) is 7.11 Å². The number of benzene rings is 2. The minimum Gasteiger partial charge on any atom is -0.496 e. The van der Waals surface area contributed by atoms with Crippen LogP contribution in [0.4, 0.5) is 0 Å². The number of aromatic nitrogens is 4. The lowest BCUT2D eigenvalue weighted by molar-refractivity contribution is 0.101. The fourth-order valence-electron chi connectivity index (χ4n) is 3.21. The summed E-state index contributed by atoms with van der Waals surface area (Å²) in [7, 11) is 3.42. The Morgan fingerprint density at radius 2 is 1.85 bits per heavy atom. The van der Waals surface area contributed by atoms with Crippen LogP contribution in [0, 0.1) is 0 Å². The summed E-state index contributed by atoms with van der Waals surface area (Å²) in [6.07, 6.45) is 3.45. The molecule has 2 aromatic carbocycles. The van der Waals surface area contributed by atoms with Gasteiger partial charge < -0.3 is 4.74 Å².